The molecule has 0 spiro atoms. The van der Waals surface area contributed by atoms with Gasteiger partial charge in [-0.25, -0.2) is 0 Å². The number of rotatable bonds is 3. The smallest absolute Gasteiger partial charge is 0.0409 e. The summed E-state index contributed by atoms with van der Waals surface area (Å²) in [6.45, 7) is 2.11. The van der Waals surface area contributed by atoms with Crippen LogP contribution < -0.4 is 5.73 Å². The van der Waals surface area contributed by atoms with Crippen molar-refractivity contribution in [1.29, 1.82) is 0 Å². The third-order valence-corrected chi connectivity index (χ3v) is 3.21. The second kappa shape index (κ2) is 5.35. The van der Waals surface area contributed by atoms with Crippen molar-refractivity contribution in [2.45, 2.75) is 19.4 Å². The number of hydrogen-bond acceptors (Lipinski definition) is 1. The van der Waals surface area contributed by atoms with E-state index >= 15 is 0 Å². The Morgan fingerprint density at radius 2 is 1.88 bits per heavy atom. The molecule has 2 aromatic carbocycles. The fourth-order valence-corrected chi connectivity index (χ4v) is 2.13. The van der Waals surface area contributed by atoms with Gasteiger partial charge in [0.05, 0.1) is 0 Å². The van der Waals surface area contributed by atoms with Crippen LogP contribution in [0.4, 0.5) is 0 Å². The molecule has 0 amide bonds. The van der Waals surface area contributed by atoms with Gasteiger partial charge in [0.2, 0.25) is 0 Å². The number of benzene rings is 2. The Bertz CT molecular complexity index is 508. The van der Waals surface area contributed by atoms with E-state index in [0.29, 0.717) is 0 Å². The van der Waals surface area contributed by atoms with Crippen LogP contribution in [0.25, 0.3) is 0 Å². The Kier molecular flexibility index (Phi) is 3.82. The average Bonchev–Trinajstić information content (AvgIpc) is 2.32. The molecule has 0 radical (unpaired) electrons. The second-order valence-corrected chi connectivity index (χ2v) is 4.73. The third-order valence-electron chi connectivity index (χ3n) is 2.98. The van der Waals surface area contributed by atoms with Crippen molar-refractivity contribution in [3.8, 4) is 0 Å². The summed E-state index contributed by atoms with van der Waals surface area (Å²) < 4.78 is 0. The summed E-state index contributed by atoms with van der Waals surface area (Å²) in [6.07, 6.45) is 0.840. The molecule has 88 valence electrons. The Morgan fingerprint density at radius 1 is 1.12 bits per heavy atom. The summed E-state index contributed by atoms with van der Waals surface area (Å²) in [5.74, 6) is 0. The molecular formula is C15H16ClN. The van der Waals surface area contributed by atoms with E-state index in [9.17, 15) is 0 Å². The summed E-state index contributed by atoms with van der Waals surface area (Å²) in [6, 6.07) is 16.1. The van der Waals surface area contributed by atoms with Crippen LogP contribution in [0.15, 0.2) is 48.5 Å². The summed E-state index contributed by atoms with van der Waals surface area (Å²) >= 11 is 5.97. The molecule has 0 aromatic heterocycles. The lowest BCUT2D eigenvalue weighted by atomic mass is 9.97. The SMILES string of the molecule is Cc1ccccc1C[C@@H](N)c1cccc(Cl)c1. The molecule has 0 aliphatic heterocycles. The van der Waals surface area contributed by atoms with Crippen molar-refractivity contribution >= 4 is 11.6 Å². The maximum atomic E-state index is 6.21. The largest absolute Gasteiger partial charge is 0.324 e. The summed E-state index contributed by atoms with van der Waals surface area (Å²) in [4.78, 5) is 0. The van der Waals surface area contributed by atoms with Crippen LogP contribution in [0, 0.1) is 6.92 Å². The fraction of sp³-hybridized carbons (Fsp3) is 0.200. The number of hydrogen-bond donors (Lipinski definition) is 1. The second-order valence-electron chi connectivity index (χ2n) is 4.29. The van der Waals surface area contributed by atoms with E-state index in [4.69, 9.17) is 17.3 Å². The molecule has 0 saturated heterocycles. The molecule has 2 N–H and O–H groups in total. The molecule has 2 aromatic rings. The molecule has 0 heterocycles. The molecule has 0 saturated carbocycles. The summed E-state index contributed by atoms with van der Waals surface area (Å²) in [5, 5.41) is 0.739. The first-order valence-electron chi connectivity index (χ1n) is 5.72. The lowest BCUT2D eigenvalue weighted by molar-refractivity contribution is 0.719. The van der Waals surface area contributed by atoms with E-state index in [1.165, 1.54) is 11.1 Å². The van der Waals surface area contributed by atoms with E-state index in [1.54, 1.807) is 0 Å². The number of halogens is 1. The van der Waals surface area contributed by atoms with Gasteiger partial charge in [-0.15, -0.1) is 0 Å². The van der Waals surface area contributed by atoms with Crippen molar-refractivity contribution in [2.75, 3.05) is 0 Å². The molecule has 0 fully saturated rings. The first kappa shape index (κ1) is 12.2. The fourth-order valence-electron chi connectivity index (χ4n) is 1.93. The van der Waals surface area contributed by atoms with E-state index < -0.39 is 0 Å². The maximum Gasteiger partial charge on any atom is 0.0409 e. The molecule has 1 atom stereocenters. The van der Waals surface area contributed by atoms with Gasteiger partial charge in [0, 0.05) is 11.1 Å². The zero-order valence-electron chi connectivity index (χ0n) is 9.86. The predicted octanol–water partition coefficient (Wildman–Crippen LogP) is 3.89. The van der Waals surface area contributed by atoms with Gasteiger partial charge in [0.25, 0.3) is 0 Å². The minimum Gasteiger partial charge on any atom is -0.324 e. The van der Waals surface area contributed by atoms with Crippen LogP contribution >= 0.6 is 11.6 Å². The van der Waals surface area contributed by atoms with Gasteiger partial charge >= 0.3 is 0 Å². The first-order chi connectivity index (χ1) is 8.16. The molecule has 0 aliphatic carbocycles. The molecule has 1 nitrogen and oxygen atoms in total. The Morgan fingerprint density at radius 3 is 2.59 bits per heavy atom. The predicted molar refractivity (Wildman–Crippen MR) is 73.3 cm³/mol. The molecule has 0 bridgehead atoms. The molecule has 0 aliphatic rings. The van der Waals surface area contributed by atoms with Crippen LogP contribution in [0.5, 0.6) is 0 Å². The van der Waals surface area contributed by atoms with Crippen molar-refractivity contribution in [1.82, 2.24) is 0 Å². The number of aryl methyl sites for hydroxylation is 1. The first-order valence-corrected chi connectivity index (χ1v) is 6.10. The molecular weight excluding hydrogens is 230 g/mol. The zero-order valence-corrected chi connectivity index (χ0v) is 10.6. The van der Waals surface area contributed by atoms with Crippen LogP contribution in [0.3, 0.4) is 0 Å². The highest BCUT2D eigenvalue weighted by atomic mass is 35.5. The zero-order chi connectivity index (χ0) is 12.3. The van der Waals surface area contributed by atoms with Crippen LogP contribution in [0.2, 0.25) is 5.02 Å². The molecule has 2 heteroatoms. The summed E-state index contributed by atoms with van der Waals surface area (Å²) in [5.41, 5.74) is 9.86. The van der Waals surface area contributed by atoms with Crippen molar-refractivity contribution in [3.05, 3.63) is 70.2 Å². The van der Waals surface area contributed by atoms with Gasteiger partial charge < -0.3 is 5.73 Å². The Balaban J connectivity index is 2.17. The highest BCUT2D eigenvalue weighted by Gasteiger charge is 2.08. The Hall–Kier alpha value is -1.31. The van der Waals surface area contributed by atoms with E-state index in [2.05, 4.69) is 19.1 Å². The summed E-state index contributed by atoms with van der Waals surface area (Å²) in [7, 11) is 0. The highest BCUT2D eigenvalue weighted by molar-refractivity contribution is 6.30. The van der Waals surface area contributed by atoms with Gasteiger partial charge in [-0.1, -0.05) is 48.0 Å². The van der Waals surface area contributed by atoms with Crippen LogP contribution in [0.1, 0.15) is 22.7 Å². The van der Waals surface area contributed by atoms with Crippen LogP contribution in [-0.2, 0) is 6.42 Å². The van der Waals surface area contributed by atoms with Gasteiger partial charge in [0.1, 0.15) is 0 Å². The van der Waals surface area contributed by atoms with E-state index in [-0.39, 0.29) is 6.04 Å². The van der Waals surface area contributed by atoms with Crippen molar-refractivity contribution in [3.63, 3.8) is 0 Å². The van der Waals surface area contributed by atoms with E-state index in [1.807, 2.05) is 36.4 Å². The molecule has 2 rings (SSSR count). The lowest BCUT2D eigenvalue weighted by Crippen LogP contribution is -2.13. The van der Waals surface area contributed by atoms with Gasteiger partial charge in [-0.3, -0.25) is 0 Å². The van der Waals surface area contributed by atoms with Crippen LogP contribution in [-0.4, -0.2) is 0 Å². The third kappa shape index (κ3) is 3.09. The van der Waals surface area contributed by atoms with Gasteiger partial charge in [0.15, 0.2) is 0 Å². The highest BCUT2D eigenvalue weighted by Crippen LogP contribution is 2.20. The standard InChI is InChI=1S/C15H16ClN/c1-11-5-2-3-6-12(11)10-15(17)13-7-4-8-14(16)9-13/h2-9,15H,10,17H2,1H3/t15-/m1/s1. The van der Waals surface area contributed by atoms with Crippen molar-refractivity contribution in [2.24, 2.45) is 5.73 Å². The number of nitrogens with two attached hydrogens (primary N) is 1. The van der Waals surface area contributed by atoms with E-state index in [0.717, 1.165) is 17.0 Å². The lowest BCUT2D eigenvalue weighted by Gasteiger charge is -2.14. The normalized spacial score (nSPS) is 12.4. The molecule has 17 heavy (non-hydrogen) atoms. The minimum atomic E-state index is -0.00481. The Labute approximate surface area is 107 Å². The maximum absolute atomic E-state index is 6.21. The topological polar surface area (TPSA) is 26.0 Å². The monoisotopic (exact) mass is 245 g/mol. The van der Waals surface area contributed by atoms with Gasteiger partial charge in [-0.05, 0) is 42.2 Å². The quantitative estimate of drug-likeness (QED) is 0.872. The van der Waals surface area contributed by atoms with Gasteiger partial charge in [-0.2, -0.15) is 0 Å². The molecule has 0 unspecified atom stereocenters. The van der Waals surface area contributed by atoms with Crippen molar-refractivity contribution < 1.29 is 0 Å². The minimum absolute atomic E-state index is 0.00481. The average molecular weight is 246 g/mol.